The fraction of sp³-hybridized carbons (Fsp3) is 0.500. The summed E-state index contributed by atoms with van der Waals surface area (Å²) >= 11 is 0. The molecule has 160 valence electrons. The van der Waals surface area contributed by atoms with E-state index in [-0.39, 0.29) is 19.1 Å². The standard InChI is InChI=1S/C20H25N5O5/c26-17(12-25-23-19(22-24-25)15-9-5-2-6-10-15)16(11-18(27)28)21-20(29)30-13-14-7-3-1-4-8-14/h1,3-4,7-8,15-16H,2,5-6,9-13H2,(H,21,29)(H,27,28). The monoisotopic (exact) mass is 415 g/mol. The number of amides is 1. The lowest BCUT2D eigenvalue weighted by atomic mass is 9.89. The zero-order valence-corrected chi connectivity index (χ0v) is 16.6. The molecule has 2 N–H and O–H groups in total. The number of carboxylic acids is 1. The Hall–Kier alpha value is -3.30. The number of tetrazole rings is 1. The number of Topliss-reactive ketones (excluding diaryl/α,β-unsaturated/α-hetero) is 1. The number of alkyl carbamates (subject to hydrolysis) is 1. The number of hydrogen-bond donors (Lipinski definition) is 2. The summed E-state index contributed by atoms with van der Waals surface area (Å²) in [6, 6.07) is 7.76. The van der Waals surface area contributed by atoms with Gasteiger partial charge in [0.25, 0.3) is 0 Å². The Morgan fingerprint density at radius 2 is 1.90 bits per heavy atom. The molecule has 1 saturated carbocycles. The first-order chi connectivity index (χ1) is 14.5. The summed E-state index contributed by atoms with van der Waals surface area (Å²) in [5.41, 5.74) is 0.774. The maximum atomic E-state index is 12.6. The summed E-state index contributed by atoms with van der Waals surface area (Å²) in [6.07, 6.45) is 4.00. The van der Waals surface area contributed by atoms with Crippen molar-refractivity contribution in [3.05, 3.63) is 41.7 Å². The van der Waals surface area contributed by atoms with Gasteiger partial charge in [-0.05, 0) is 23.6 Å². The first kappa shape index (κ1) is 21.4. The highest BCUT2D eigenvalue weighted by atomic mass is 16.5. The van der Waals surface area contributed by atoms with Crippen molar-refractivity contribution in [2.45, 2.75) is 63.6 Å². The van der Waals surface area contributed by atoms with Crippen LogP contribution in [-0.4, -0.2) is 49.2 Å². The van der Waals surface area contributed by atoms with E-state index in [0.29, 0.717) is 5.82 Å². The molecular formula is C20H25N5O5. The Kier molecular flexibility index (Phi) is 7.47. The van der Waals surface area contributed by atoms with Crippen molar-refractivity contribution in [2.75, 3.05) is 0 Å². The predicted molar refractivity (Wildman–Crippen MR) is 104 cm³/mol. The van der Waals surface area contributed by atoms with E-state index in [1.807, 2.05) is 6.07 Å². The average Bonchev–Trinajstić information content (AvgIpc) is 3.21. The Labute approximate surface area is 173 Å². The topological polar surface area (TPSA) is 136 Å². The molecular weight excluding hydrogens is 390 g/mol. The molecule has 0 aliphatic heterocycles. The van der Waals surface area contributed by atoms with Crippen molar-refractivity contribution in [1.29, 1.82) is 0 Å². The molecule has 1 aliphatic rings. The number of carbonyl (C=O) groups excluding carboxylic acids is 2. The number of benzene rings is 1. The minimum atomic E-state index is -1.25. The van der Waals surface area contributed by atoms with Crippen LogP contribution in [0.4, 0.5) is 4.79 Å². The fourth-order valence-electron chi connectivity index (χ4n) is 3.42. The van der Waals surface area contributed by atoms with Crippen LogP contribution in [0.5, 0.6) is 0 Å². The lowest BCUT2D eigenvalue weighted by Crippen LogP contribution is -2.44. The summed E-state index contributed by atoms with van der Waals surface area (Å²) in [5, 5.41) is 23.6. The predicted octanol–water partition coefficient (Wildman–Crippen LogP) is 2.06. The van der Waals surface area contributed by atoms with Crippen LogP contribution in [0.2, 0.25) is 0 Å². The van der Waals surface area contributed by atoms with Gasteiger partial charge in [0.05, 0.1) is 6.42 Å². The number of hydrogen-bond acceptors (Lipinski definition) is 7. The second-order valence-electron chi connectivity index (χ2n) is 7.34. The molecule has 1 unspecified atom stereocenters. The van der Waals surface area contributed by atoms with Crippen LogP contribution >= 0.6 is 0 Å². The van der Waals surface area contributed by atoms with E-state index in [0.717, 1.165) is 36.0 Å². The molecule has 0 spiro atoms. The lowest BCUT2D eigenvalue weighted by Gasteiger charge is -2.17. The van der Waals surface area contributed by atoms with Gasteiger partial charge < -0.3 is 15.2 Å². The molecule has 1 amide bonds. The van der Waals surface area contributed by atoms with E-state index in [1.54, 1.807) is 24.3 Å². The minimum Gasteiger partial charge on any atom is -0.481 e. The van der Waals surface area contributed by atoms with Crippen molar-refractivity contribution in [3.63, 3.8) is 0 Å². The van der Waals surface area contributed by atoms with Gasteiger partial charge in [-0.3, -0.25) is 9.59 Å². The van der Waals surface area contributed by atoms with Crippen LogP contribution in [0.1, 0.15) is 55.8 Å². The van der Waals surface area contributed by atoms with Gasteiger partial charge in [0.15, 0.2) is 11.6 Å². The van der Waals surface area contributed by atoms with Crippen LogP contribution in [-0.2, 0) is 27.5 Å². The van der Waals surface area contributed by atoms with Crippen LogP contribution in [0.25, 0.3) is 0 Å². The number of rotatable bonds is 9. The zero-order valence-electron chi connectivity index (χ0n) is 16.6. The van der Waals surface area contributed by atoms with Crippen molar-refractivity contribution in [1.82, 2.24) is 25.5 Å². The van der Waals surface area contributed by atoms with Crippen LogP contribution in [0.15, 0.2) is 30.3 Å². The number of aliphatic carboxylic acids is 1. The number of nitrogens with zero attached hydrogens (tertiary/aromatic N) is 4. The SMILES string of the molecule is O=C(O)CC(NC(=O)OCc1ccccc1)C(=O)Cn1nnc(C2CCCCC2)n1. The van der Waals surface area contributed by atoms with Gasteiger partial charge in [0, 0.05) is 5.92 Å². The highest BCUT2D eigenvalue weighted by molar-refractivity contribution is 5.90. The van der Waals surface area contributed by atoms with Crippen molar-refractivity contribution < 1.29 is 24.2 Å². The lowest BCUT2D eigenvalue weighted by molar-refractivity contribution is -0.139. The molecule has 10 heteroatoms. The van der Waals surface area contributed by atoms with E-state index in [9.17, 15) is 14.4 Å². The van der Waals surface area contributed by atoms with Gasteiger partial charge in [0.1, 0.15) is 19.2 Å². The Bertz CT molecular complexity index is 863. The molecule has 1 heterocycles. The summed E-state index contributed by atoms with van der Waals surface area (Å²) in [4.78, 5) is 36.9. The second-order valence-corrected chi connectivity index (χ2v) is 7.34. The van der Waals surface area contributed by atoms with Gasteiger partial charge >= 0.3 is 12.1 Å². The summed E-state index contributed by atoms with van der Waals surface area (Å²) in [6.45, 7) is -0.271. The molecule has 30 heavy (non-hydrogen) atoms. The van der Waals surface area contributed by atoms with Gasteiger partial charge in [0.2, 0.25) is 0 Å². The van der Waals surface area contributed by atoms with Gasteiger partial charge in [-0.25, -0.2) is 4.79 Å². The maximum Gasteiger partial charge on any atom is 0.408 e. The van der Waals surface area contributed by atoms with E-state index >= 15 is 0 Å². The summed E-state index contributed by atoms with van der Waals surface area (Å²) in [5.74, 6) is -0.913. The Morgan fingerprint density at radius 3 is 2.60 bits per heavy atom. The number of ether oxygens (including phenoxy) is 1. The summed E-state index contributed by atoms with van der Waals surface area (Å²) < 4.78 is 5.08. The van der Waals surface area contributed by atoms with Gasteiger partial charge in [-0.15, -0.1) is 10.2 Å². The van der Waals surface area contributed by atoms with Gasteiger partial charge in [-0.2, -0.15) is 4.80 Å². The minimum absolute atomic E-state index is 0.00996. The second kappa shape index (κ2) is 10.5. The van der Waals surface area contributed by atoms with E-state index in [4.69, 9.17) is 9.84 Å². The van der Waals surface area contributed by atoms with E-state index < -0.39 is 30.3 Å². The first-order valence-electron chi connectivity index (χ1n) is 10.0. The van der Waals surface area contributed by atoms with Crippen molar-refractivity contribution in [3.8, 4) is 0 Å². The smallest absolute Gasteiger partial charge is 0.408 e. The van der Waals surface area contributed by atoms with Gasteiger partial charge in [-0.1, -0.05) is 49.6 Å². The number of carbonyl (C=O) groups is 3. The quantitative estimate of drug-likeness (QED) is 0.635. The number of nitrogens with one attached hydrogen (secondary N) is 1. The zero-order chi connectivity index (χ0) is 21.3. The largest absolute Gasteiger partial charge is 0.481 e. The third kappa shape index (κ3) is 6.36. The third-order valence-corrected chi connectivity index (χ3v) is 5.01. The molecule has 2 aromatic rings. The van der Waals surface area contributed by atoms with E-state index in [1.165, 1.54) is 6.42 Å². The van der Waals surface area contributed by atoms with Crippen molar-refractivity contribution >= 4 is 17.8 Å². The highest BCUT2D eigenvalue weighted by Crippen LogP contribution is 2.29. The highest BCUT2D eigenvalue weighted by Gasteiger charge is 2.26. The van der Waals surface area contributed by atoms with Crippen LogP contribution in [0.3, 0.4) is 0 Å². The molecule has 0 radical (unpaired) electrons. The molecule has 3 rings (SSSR count). The number of aromatic nitrogens is 4. The van der Waals surface area contributed by atoms with Crippen molar-refractivity contribution in [2.24, 2.45) is 0 Å². The Morgan fingerprint density at radius 1 is 1.17 bits per heavy atom. The molecule has 1 aromatic heterocycles. The van der Waals surface area contributed by atoms with Crippen LogP contribution in [0, 0.1) is 0 Å². The number of ketones is 1. The van der Waals surface area contributed by atoms with E-state index in [2.05, 4.69) is 20.7 Å². The molecule has 1 atom stereocenters. The molecule has 1 aliphatic carbocycles. The molecule has 10 nitrogen and oxygen atoms in total. The maximum absolute atomic E-state index is 12.6. The molecule has 1 aromatic carbocycles. The normalized spacial score (nSPS) is 15.3. The first-order valence-corrected chi connectivity index (χ1v) is 10.0. The van der Waals surface area contributed by atoms with Crippen LogP contribution < -0.4 is 5.32 Å². The molecule has 1 fully saturated rings. The average molecular weight is 415 g/mol. The molecule has 0 bridgehead atoms. The number of carboxylic acid groups (broad SMARTS) is 1. The Balaban J connectivity index is 1.56. The summed E-state index contributed by atoms with van der Waals surface area (Å²) in [7, 11) is 0. The molecule has 0 saturated heterocycles. The third-order valence-electron chi connectivity index (χ3n) is 5.01. The fourth-order valence-corrected chi connectivity index (χ4v) is 3.42.